The van der Waals surface area contributed by atoms with Gasteiger partial charge in [-0.2, -0.15) is 0 Å². The fraction of sp³-hybridized carbons (Fsp3) is 0.0952. The molecule has 0 unspecified atom stereocenters. The average molecular weight is 725 g/mol. The number of benzene rings is 6. The van der Waals surface area contributed by atoms with Gasteiger partial charge in [-0.1, -0.05) is 105 Å². The monoisotopic (exact) mass is 722 g/mol. The molecule has 0 aliphatic rings. The van der Waals surface area contributed by atoms with E-state index < -0.39 is 0 Å². The van der Waals surface area contributed by atoms with Crippen LogP contribution in [0.15, 0.2) is 146 Å². The van der Waals surface area contributed by atoms with Crippen LogP contribution in [0.5, 0.6) is 0 Å². The molecule has 2 nitrogen and oxygen atoms in total. The first-order valence-electron chi connectivity index (χ1n) is 15.6. The van der Waals surface area contributed by atoms with Crippen LogP contribution < -0.4 is 9.13 Å². The Morgan fingerprint density at radius 2 is 0.652 bits per heavy atom. The van der Waals surface area contributed by atoms with Gasteiger partial charge in [0.1, 0.15) is 0 Å². The Morgan fingerprint density at radius 3 is 0.957 bits per heavy atom. The molecular formula is C42H32Br2N2+2. The Balaban J connectivity index is 1.07. The highest BCUT2D eigenvalue weighted by molar-refractivity contribution is 9.08. The molecule has 0 radical (unpaired) electrons. The topological polar surface area (TPSA) is 7.76 Å². The van der Waals surface area contributed by atoms with Gasteiger partial charge >= 0.3 is 0 Å². The van der Waals surface area contributed by atoms with E-state index in [-0.39, 0.29) is 0 Å². The number of hydrogen-bond donors (Lipinski definition) is 0. The van der Waals surface area contributed by atoms with Gasteiger partial charge in [-0.15, -0.1) is 0 Å². The van der Waals surface area contributed by atoms with E-state index in [0.717, 1.165) is 23.7 Å². The average Bonchev–Trinajstić information content (AvgIpc) is 3.11. The van der Waals surface area contributed by atoms with Crippen molar-refractivity contribution in [2.45, 2.75) is 23.7 Å². The second kappa shape index (κ2) is 12.4. The molecule has 0 spiro atoms. The zero-order valence-corrected chi connectivity index (χ0v) is 28.5. The van der Waals surface area contributed by atoms with Crippen LogP contribution >= 0.6 is 31.9 Å². The molecule has 6 aromatic carbocycles. The Bertz CT molecular complexity index is 2060. The lowest BCUT2D eigenvalue weighted by Gasteiger charge is -2.14. The van der Waals surface area contributed by atoms with Crippen molar-refractivity contribution in [2.75, 3.05) is 0 Å². The number of hydrogen-bond acceptors (Lipinski definition) is 0. The van der Waals surface area contributed by atoms with Crippen molar-refractivity contribution in [3.8, 4) is 22.3 Å². The fourth-order valence-corrected chi connectivity index (χ4v) is 7.32. The fourth-order valence-electron chi connectivity index (χ4n) is 6.57. The van der Waals surface area contributed by atoms with Crippen LogP contribution in [0.4, 0.5) is 0 Å². The maximum atomic E-state index is 3.53. The third-order valence-electron chi connectivity index (χ3n) is 9.07. The second-order valence-corrected chi connectivity index (χ2v) is 13.3. The van der Waals surface area contributed by atoms with Crippen molar-refractivity contribution < 1.29 is 9.13 Å². The number of alkyl halides is 2. The number of pyridine rings is 2. The zero-order valence-electron chi connectivity index (χ0n) is 25.3. The molecule has 8 aromatic rings. The highest BCUT2D eigenvalue weighted by Crippen LogP contribution is 2.39. The molecule has 8 rings (SSSR count). The molecule has 0 saturated heterocycles. The van der Waals surface area contributed by atoms with Crippen LogP contribution in [0.2, 0.25) is 0 Å². The highest BCUT2D eigenvalue weighted by Gasteiger charge is 2.14. The minimum atomic E-state index is 0.862. The SMILES string of the molecule is BrCc1ccc(C[n+]2ccc(-c3cc4ccc5cc(-c6cc[n+](Cc7ccc(CBr)cc7)cc6)cc6ccc(c3)c4c56)cc2)cc1. The summed E-state index contributed by atoms with van der Waals surface area (Å²) in [7, 11) is 0. The Labute approximate surface area is 286 Å². The molecule has 222 valence electrons. The molecule has 0 N–H and O–H groups in total. The van der Waals surface area contributed by atoms with Crippen LogP contribution in [-0.4, -0.2) is 0 Å². The van der Waals surface area contributed by atoms with Crippen LogP contribution in [0.3, 0.4) is 0 Å². The van der Waals surface area contributed by atoms with E-state index in [2.05, 4.69) is 187 Å². The molecular weight excluding hydrogens is 692 g/mol. The lowest BCUT2D eigenvalue weighted by Crippen LogP contribution is -2.32. The van der Waals surface area contributed by atoms with Gasteiger partial charge in [-0.05, 0) is 90.0 Å². The first-order chi connectivity index (χ1) is 22.6. The van der Waals surface area contributed by atoms with Gasteiger partial charge in [0.25, 0.3) is 0 Å². The smallest absolute Gasteiger partial charge is 0.173 e. The second-order valence-electron chi connectivity index (χ2n) is 12.1. The summed E-state index contributed by atoms with van der Waals surface area (Å²) in [5.74, 6) is 0. The zero-order chi connectivity index (χ0) is 31.0. The molecule has 2 aromatic heterocycles. The van der Waals surface area contributed by atoms with Gasteiger partial charge in [0.15, 0.2) is 37.9 Å². The highest BCUT2D eigenvalue weighted by atomic mass is 79.9. The molecule has 46 heavy (non-hydrogen) atoms. The van der Waals surface area contributed by atoms with Crippen molar-refractivity contribution >= 4 is 64.2 Å². The Morgan fingerprint density at radius 1 is 0.348 bits per heavy atom. The summed E-state index contributed by atoms with van der Waals surface area (Å²) in [6.07, 6.45) is 8.75. The molecule has 0 amide bonds. The van der Waals surface area contributed by atoms with Crippen molar-refractivity contribution in [1.29, 1.82) is 0 Å². The minimum absolute atomic E-state index is 0.862. The standard InChI is InChI=1S/C42H32Br2N2/c43-25-29-1-5-31(6-2-29)27-45-17-13-33(14-18-45)39-21-35-9-11-37-23-40(24-38-12-10-36(22-39)41(35)42(37)38)34-15-19-46(20-16-34)28-32-7-3-30(26-44)4-8-32/h1-24H,25-28H2/q+2. The van der Waals surface area contributed by atoms with E-state index in [1.807, 2.05) is 0 Å². The lowest BCUT2D eigenvalue weighted by molar-refractivity contribution is -0.688. The third-order valence-corrected chi connectivity index (χ3v) is 10.4. The van der Waals surface area contributed by atoms with Gasteiger partial charge in [0.2, 0.25) is 0 Å². The summed E-state index contributed by atoms with van der Waals surface area (Å²) < 4.78 is 4.48. The molecule has 0 saturated carbocycles. The molecule has 0 fully saturated rings. The molecule has 4 heteroatoms. The summed E-state index contributed by atoms with van der Waals surface area (Å²) in [6, 6.07) is 45.0. The molecule has 0 aliphatic heterocycles. The minimum Gasteiger partial charge on any atom is -0.201 e. The predicted octanol–water partition coefficient (Wildman–Crippen LogP) is 10.4. The third kappa shape index (κ3) is 5.72. The van der Waals surface area contributed by atoms with Gasteiger partial charge < -0.3 is 0 Å². The van der Waals surface area contributed by atoms with Gasteiger partial charge in [0.05, 0.1) is 0 Å². The maximum absolute atomic E-state index is 3.53. The number of rotatable bonds is 8. The van der Waals surface area contributed by atoms with Gasteiger partial charge in [-0.3, -0.25) is 0 Å². The van der Waals surface area contributed by atoms with E-state index in [1.165, 1.54) is 76.8 Å². The van der Waals surface area contributed by atoms with Crippen LogP contribution in [0.25, 0.3) is 54.6 Å². The van der Waals surface area contributed by atoms with E-state index in [4.69, 9.17) is 0 Å². The first-order valence-corrected chi connectivity index (χ1v) is 17.9. The maximum Gasteiger partial charge on any atom is 0.173 e. The summed E-state index contributed by atoms with van der Waals surface area (Å²) >= 11 is 7.06. The van der Waals surface area contributed by atoms with E-state index >= 15 is 0 Å². The van der Waals surface area contributed by atoms with Crippen LogP contribution in [0.1, 0.15) is 22.3 Å². The van der Waals surface area contributed by atoms with E-state index in [9.17, 15) is 0 Å². The quantitative estimate of drug-likeness (QED) is 0.0838. The lowest BCUT2D eigenvalue weighted by atomic mass is 9.89. The summed E-state index contributed by atoms with van der Waals surface area (Å²) in [5, 5.41) is 9.61. The molecule has 2 heterocycles. The number of aromatic nitrogens is 2. The van der Waals surface area contributed by atoms with E-state index in [0.29, 0.717) is 0 Å². The molecule has 0 atom stereocenters. The predicted molar refractivity (Wildman–Crippen MR) is 198 cm³/mol. The van der Waals surface area contributed by atoms with Gasteiger partial charge in [0, 0.05) is 46.1 Å². The summed E-state index contributed by atoms with van der Waals surface area (Å²) in [4.78, 5) is 0. The first kappa shape index (κ1) is 29.1. The summed E-state index contributed by atoms with van der Waals surface area (Å²) in [6.45, 7) is 1.72. The Hall–Kier alpha value is -4.38. The molecule has 0 aliphatic carbocycles. The number of halogens is 2. The van der Waals surface area contributed by atoms with Crippen molar-refractivity contribution in [3.05, 3.63) is 168 Å². The van der Waals surface area contributed by atoms with Crippen molar-refractivity contribution in [2.24, 2.45) is 0 Å². The van der Waals surface area contributed by atoms with Crippen LogP contribution in [-0.2, 0) is 23.7 Å². The number of nitrogens with zero attached hydrogens (tertiary/aromatic N) is 2. The molecule has 0 bridgehead atoms. The normalized spacial score (nSPS) is 11.6. The van der Waals surface area contributed by atoms with Gasteiger partial charge in [-0.25, -0.2) is 9.13 Å². The van der Waals surface area contributed by atoms with Crippen LogP contribution in [0, 0.1) is 0 Å². The Kier molecular flexibility index (Phi) is 7.85. The van der Waals surface area contributed by atoms with Crippen molar-refractivity contribution in [1.82, 2.24) is 0 Å². The van der Waals surface area contributed by atoms with E-state index in [1.54, 1.807) is 0 Å². The summed E-state index contributed by atoms with van der Waals surface area (Å²) in [5.41, 5.74) is 10.2. The van der Waals surface area contributed by atoms with Crippen molar-refractivity contribution in [3.63, 3.8) is 0 Å². The largest absolute Gasteiger partial charge is 0.201 e.